The molecule has 36 nitrogen and oxygen atoms in total. The molecule has 0 aromatic heterocycles. The van der Waals surface area contributed by atoms with E-state index in [1.807, 2.05) is 0 Å². The lowest BCUT2D eigenvalue weighted by Crippen LogP contribution is -2.63. The summed E-state index contributed by atoms with van der Waals surface area (Å²) in [6.45, 7) is -1.71. The van der Waals surface area contributed by atoms with Gasteiger partial charge in [0.05, 0.1) is 25.6 Å². The van der Waals surface area contributed by atoms with Crippen molar-refractivity contribution < 1.29 is 62.6 Å². The van der Waals surface area contributed by atoms with Crippen LogP contribution >= 0.6 is 0 Å². The largest absolute Gasteiger partial charge is 0.508 e. The second-order valence-electron chi connectivity index (χ2n) is 22.6. The minimum absolute atomic E-state index is 0.0175. The summed E-state index contributed by atoms with van der Waals surface area (Å²) in [5.41, 5.74) is 45.8. The van der Waals surface area contributed by atoms with E-state index in [4.69, 9.17) is 45.9 Å². The van der Waals surface area contributed by atoms with Crippen LogP contribution in [0.25, 0.3) is 0 Å². The molecule has 36 heteroatoms. The molecular formula is C59H93N23O13. The van der Waals surface area contributed by atoms with E-state index in [1.165, 1.54) is 17.0 Å². The van der Waals surface area contributed by atoms with Crippen molar-refractivity contribution in [2.24, 2.45) is 60.8 Å². The van der Waals surface area contributed by atoms with Crippen LogP contribution < -0.4 is 104 Å². The van der Waals surface area contributed by atoms with Crippen molar-refractivity contribution in [3.8, 4) is 5.75 Å². The average Bonchev–Trinajstić information content (AvgIpc) is 1.47. The standard InChI is InChI=1S/C59H93N23O13/c1-68-40(27-34-18-20-35(83)21-19-34)49(88)74-31-46(85)73-32-47(86)75-41(28-33-11-3-2-4-12-33)52(91)80-42-29-45(84)72-30-43(81-51(90)38(15-8-24-70-58(64)65)77-50(89)37(78-53(42)92)14-7-23-69-57(62)63)54(93)79-39(16-9-25-71-59(66)67)56(95)82-26-10-17-44(82)55(94)76-36(48(61)87)13-5-6-22-60/h2-4,11-12,18-21,36-44,68,83H,5-10,13-17,22-32,60H2,1H3,(H2,61,87)(H,72,84)(H,73,85)(H,74,88)(H,75,86)(H,76,94)(H,77,89)(H,78,92)(H,79,93)(H,80,91)(H,81,90)(H4,62,63,69)(H4,64,65,70)(H4,66,67,71)/t36-,37-,38-,39-,40-,41-,42+,43?,44-/m0/s1. The van der Waals surface area contributed by atoms with Crippen LogP contribution in [0.3, 0.4) is 0 Å². The maximum atomic E-state index is 14.8. The number of aliphatic imine (C=N–C) groups is 3. The van der Waals surface area contributed by atoms with Gasteiger partial charge in [-0.1, -0.05) is 42.5 Å². The van der Waals surface area contributed by atoms with Gasteiger partial charge in [0.2, 0.25) is 70.9 Å². The van der Waals surface area contributed by atoms with Gasteiger partial charge in [-0.15, -0.1) is 0 Å². The van der Waals surface area contributed by atoms with Crippen molar-refractivity contribution in [2.75, 3.05) is 59.4 Å². The monoisotopic (exact) mass is 1330 g/mol. The lowest BCUT2D eigenvalue weighted by atomic mass is 10.0. The number of carbonyl (C=O) groups is 12. The number of aromatic hydroxyl groups is 1. The van der Waals surface area contributed by atoms with E-state index >= 15 is 0 Å². The summed E-state index contributed by atoms with van der Waals surface area (Å²) in [7, 11) is 1.55. The van der Waals surface area contributed by atoms with Crippen LogP contribution in [0, 0.1) is 0 Å². The number of nitrogens with two attached hydrogens (primary N) is 8. The molecule has 12 amide bonds. The minimum atomic E-state index is -1.85. The topological polar surface area (TPSA) is 606 Å². The summed E-state index contributed by atoms with van der Waals surface area (Å²) >= 11 is 0. The summed E-state index contributed by atoms with van der Waals surface area (Å²) in [5, 5.41) is 38.0. The molecule has 9 atom stereocenters. The highest BCUT2D eigenvalue weighted by Crippen LogP contribution is 2.21. The normalized spacial score (nSPS) is 18.7. The fraction of sp³-hybridized carbons (Fsp3) is 0.542. The van der Waals surface area contributed by atoms with E-state index < -0.39 is 151 Å². The fourth-order valence-electron chi connectivity index (χ4n) is 10.1. The van der Waals surface area contributed by atoms with Gasteiger partial charge in [0.25, 0.3) is 0 Å². The Hall–Kier alpha value is -10.4. The molecule has 4 rings (SSSR count). The van der Waals surface area contributed by atoms with Crippen molar-refractivity contribution in [3.63, 3.8) is 0 Å². The van der Waals surface area contributed by atoms with E-state index in [-0.39, 0.29) is 114 Å². The van der Waals surface area contributed by atoms with Crippen molar-refractivity contribution in [1.29, 1.82) is 0 Å². The van der Waals surface area contributed by atoms with Gasteiger partial charge >= 0.3 is 0 Å². The lowest BCUT2D eigenvalue weighted by molar-refractivity contribution is -0.142. The van der Waals surface area contributed by atoms with Crippen LogP contribution in [0.5, 0.6) is 5.75 Å². The minimum Gasteiger partial charge on any atom is -0.508 e. The van der Waals surface area contributed by atoms with E-state index in [2.05, 4.69) is 73.5 Å². The van der Waals surface area contributed by atoms with Crippen LogP contribution in [0.2, 0.25) is 0 Å². The van der Waals surface area contributed by atoms with Gasteiger partial charge in [-0.25, -0.2) is 0 Å². The van der Waals surface area contributed by atoms with E-state index in [0.717, 1.165) is 5.56 Å². The van der Waals surface area contributed by atoms with Crippen molar-refractivity contribution in [2.45, 2.75) is 144 Å². The molecule has 2 aliphatic heterocycles. The molecule has 0 bridgehead atoms. The number of primary amides is 1. The number of likely N-dealkylation sites (N-methyl/N-ethyl adjacent to an activating group) is 1. The molecule has 2 heterocycles. The molecule has 0 spiro atoms. The number of rotatable bonds is 35. The number of unbranched alkanes of at least 4 members (excludes halogenated alkanes) is 1. The zero-order valence-corrected chi connectivity index (χ0v) is 53.2. The maximum absolute atomic E-state index is 14.8. The number of nitrogens with zero attached hydrogens (tertiary/aromatic N) is 4. The van der Waals surface area contributed by atoms with Crippen LogP contribution in [-0.2, 0) is 70.4 Å². The molecule has 522 valence electrons. The van der Waals surface area contributed by atoms with Crippen molar-refractivity contribution >= 4 is 88.8 Å². The highest BCUT2D eigenvalue weighted by atomic mass is 16.3. The van der Waals surface area contributed by atoms with Crippen molar-refractivity contribution in [3.05, 3.63) is 65.7 Å². The SMILES string of the molecule is CN[C@@H](Cc1ccc(O)cc1)C(=O)NCC(=O)NCC(=O)N[C@@H](Cc1ccccc1)C(=O)N[C@@H]1CC(=O)NCC(C(=O)N[C@@H](CCCN=C(N)N)C(=O)N2CCC[C@H]2C(=O)N[C@@H](CCCCN)C(N)=O)NC(=O)[C@H](CCCN=C(N)N)NC(=O)[C@H](CCCN=C(N)N)NC1=O. The Morgan fingerprint density at radius 3 is 1.77 bits per heavy atom. The lowest BCUT2D eigenvalue weighted by Gasteiger charge is -2.31. The van der Waals surface area contributed by atoms with Gasteiger partial charge in [0.1, 0.15) is 54.1 Å². The van der Waals surface area contributed by atoms with Gasteiger partial charge in [-0.3, -0.25) is 72.5 Å². The Morgan fingerprint density at radius 2 is 1.17 bits per heavy atom. The van der Waals surface area contributed by atoms with Gasteiger partial charge in [0, 0.05) is 39.1 Å². The number of likely N-dealkylation sites (tertiary alicyclic amines) is 1. The van der Waals surface area contributed by atoms with Crippen LogP contribution in [0.1, 0.15) is 88.2 Å². The van der Waals surface area contributed by atoms with Crippen LogP contribution in [0.4, 0.5) is 0 Å². The first kappa shape index (κ1) is 77.1. The Kier molecular flexibility index (Phi) is 32.9. The first-order valence-electron chi connectivity index (χ1n) is 31.2. The van der Waals surface area contributed by atoms with Crippen LogP contribution in [0.15, 0.2) is 69.6 Å². The van der Waals surface area contributed by atoms with E-state index in [1.54, 1.807) is 49.5 Å². The number of carbonyl (C=O) groups excluding carboxylic acids is 12. The number of nitrogens with one attached hydrogen (secondary N) is 11. The molecule has 95 heavy (non-hydrogen) atoms. The molecule has 2 aliphatic rings. The molecule has 0 saturated carbocycles. The number of benzene rings is 2. The van der Waals surface area contributed by atoms with E-state index in [9.17, 15) is 62.6 Å². The molecule has 2 saturated heterocycles. The second kappa shape index (κ2) is 40.6. The number of hydrogen-bond donors (Lipinski definition) is 20. The molecule has 0 aliphatic carbocycles. The van der Waals surface area contributed by atoms with Gasteiger partial charge in [-0.2, -0.15) is 0 Å². The number of amides is 12. The quantitative estimate of drug-likeness (QED) is 0.0173. The highest BCUT2D eigenvalue weighted by molar-refractivity contribution is 6.00. The first-order valence-corrected chi connectivity index (χ1v) is 31.2. The average molecular weight is 1330 g/mol. The molecule has 2 aromatic rings. The molecular weight excluding hydrogens is 1240 g/mol. The highest BCUT2D eigenvalue weighted by Gasteiger charge is 2.40. The molecule has 2 fully saturated rings. The smallest absolute Gasteiger partial charge is 0.245 e. The summed E-state index contributed by atoms with van der Waals surface area (Å²) in [6.07, 6.45) is 0.477. The Labute approximate surface area is 549 Å². The number of guanidine groups is 3. The van der Waals surface area contributed by atoms with E-state index in [0.29, 0.717) is 31.4 Å². The van der Waals surface area contributed by atoms with Gasteiger partial charge in [-0.05, 0) is 114 Å². The molecule has 1 unspecified atom stereocenters. The zero-order chi connectivity index (χ0) is 70.0. The van der Waals surface area contributed by atoms with Crippen LogP contribution in [-0.4, -0.2) is 213 Å². The first-order chi connectivity index (χ1) is 45.3. The summed E-state index contributed by atoms with van der Waals surface area (Å²) in [6, 6.07) is 1.92. The fourth-order valence-corrected chi connectivity index (χ4v) is 10.1. The van der Waals surface area contributed by atoms with Gasteiger partial charge < -0.3 is 114 Å². The number of phenols is 1. The van der Waals surface area contributed by atoms with Gasteiger partial charge in [0.15, 0.2) is 17.9 Å². The Bertz CT molecular complexity index is 3030. The third kappa shape index (κ3) is 28.2. The third-order valence-corrected chi connectivity index (χ3v) is 15.2. The summed E-state index contributed by atoms with van der Waals surface area (Å²) in [5.74, 6) is -11.3. The summed E-state index contributed by atoms with van der Waals surface area (Å²) in [4.78, 5) is 181. The second-order valence-corrected chi connectivity index (χ2v) is 22.6. The Morgan fingerprint density at radius 1 is 0.611 bits per heavy atom. The molecule has 0 radical (unpaired) electrons. The zero-order valence-electron chi connectivity index (χ0n) is 53.2. The number of phenolic OH excluding ortho intramolecular Hbond substituents is 1. The predicted octanol–water partition coefficient (Wildman–Crippen LogP) is -8.32. The Balaban J connectivity index is 1.68. The summed E-state index contributed by atoms with van der Waals surface area (Å²) < 4.78 is 0. The molecule has 28 N–H and O–H groups in total. The predicted molar refractivity (Wildman–Crippen MR) is 349 cm³/mol. The molecule has 2 aromatic carbocycles. The number of hydrogen-bond acceptors (Lipinski definition) is 18. The maximum Gasteiger partial charge on any atom is 0.245 e. The van der Waals surface area contributed by atoms with Crippen molar-refractivity contribution in [1.82, 2.24) is 63.4 Å². The third-order valence-electron chi connectivity index (χ3n) is 15.2.